The zero-order valence-electron chi connectivity index (χ0n) is 19.0. The van der Waals surface area contributed by atoms with Gasteiger partial charge in [0.05, 0.1) is 11.4 Å². The molecule has 2 fully saturated rings. The molecule has 3 heterocycles. The van der Waals surface area contributed by atoms with Crippen LogP contribution in [0.1, 0.15) is 21.5 Å². The van der Waals surface area contributed by atoms with Crippen LogP contribution in [0.4, 0.5) is 10.6 Å². The van der Waals surface area contributed by atoms with E-state index in [0.29, 0.717) is 23.6 Å². The van der Waals surface area contributed by atoms with Gasteiger partial charge in [-0.1, -0.05) is 48.5 Å². The van der Waals surface area contributed by atoms with Crippen LogP contribution in [-0.4, -0.2) is 58.0 Å². The van der Waals surface area contributed by atoms with E-state index in [2.05, 4.69) is 9.88 Å². The summed E-state index contributed by atoms with van der Waals surface area (Å²) in [4.78, 5) is 48.2. The Morgan fingerprint density at radius 2 is 1.60 bits per heavy atom. The molecule has 176 valence electrons. The number of aromatic nitrogens is 1. The lowest BCUT2D eigenvalue weighted by molar-refractivity contribution is -0.123. The van der Waals surface area contributed by atoms with Crippen LogP contribution in [0.2, 0.25) is 0 Å². The summed E-state index contributed by atoms with van der Waals surface area (Å²) >= 11 is 0.941. The van der Waals surface area contributed by atoms with Crippen molar-refractivity contribution in [3.63, 3.8) is 0 Å². The van der Waals surface area contributed by atoms with E-state index >= 15 is 0 Å². The highest BCUT2D eigenvalue weighted by molar-refractivity contribution is 8.18. The molecular weight excluding hydrogens is 460 g/mol. The molecule has 0 unspecified atom stereocenters. The number of carbonyl (C=O) groups excluding carboxylic acids is 3. The van der Waals surface area contributed by atoms with Crippen molar-refractivity contribution in [1.29, 1.82) is 0 Å². The number of thioether (sulfide) groups is 1. The van der Waals surface area contributed by atoms with E-state index < -0.39 is 0 Å². The fourth-order valence-corrected chi connectivity index (χ4v) is 4.98. The van der Waals surface area contributed by atoms with E-state index in [-0.39, 0.29) is 23.6 Å². The maximum absolute atomic E-state index is 13.0. The first-order valence-electron chi connectivity index (χ1n) is 11.4. The molecule has 0 saturated carbocycles. The number of anilines is 1. The minimum Gasteiger partial charge on any atom is -0.353 e. The average molecular weight is 485 g/mol. The van der Waals surface area contributed by atoms with Gasteiger partial charge in [-0.2, -0.15) is 0 Å². The fraction of sp³-hybridized carbons (Fsp3) is 0.185. The van der Waals surface area contributed by atoms with Crippen LogP contribution in [0.5, 0.6) is 0 Å². The fourth-order valence-electron chi connectivity index (χ4n) is 4.14. The van der Waals surface area contributed by atoms with Crippen LogP contribution in [-0.2, 0) is 11.3 Å². The molecule has 1 aromatic heterocycles. The Morgan fingerprint density at radius 3 is 2.29 bits per heavy atom. The van der Waals surface area contributed by atoms with E-state index in [1.54, 1.807) is 24.4 Å². The van der Waals surface area contributed by atoms with Gasteiger partial charge >= 0.3 is 0 Å². The third kappa shape index (κ3) is 5.12. The van der Waals surface area contributed by atoms with Gasteiger partial charge < -0.3 is 9.80 Å². The standard InChI is InChI=1S/C27H24N4O3S/c32-25(30-16-14-29(15-17-30)24-8-4-5-13-28-24)22-11-9-20(10-12-22)18-23-26(33)31(27(34)35-23)19-21-6-2-1-3-7-21/h1-13,18H,14-17,19H2/b23-18-. The minimum atomic E-state index is -0.296. The molecule has 2 saturated heterocycles. The molecule has 35 heavy (non-hydrogen) atoms. The Labute approximate surface area is 208 Å². The summed E-state index contributed by atoms with van der Waals surface area (Å²) < 4.78 is 0. The molecule has 2 aliphatic rings. The van der Waals surface area contributed by atoms with E-state index in [9.17, 15) is 14.4 Å². The van der Waals surface area contributed by atoms with Crippen LogP contribution in [0.25, 0.3) is 6.08 Å². The van der Waals surface area contributed by atoms with Crippen molar-refractivity contribution in [2.24, 2.45) is 0 Å². The number of rotatable bonds is 5. The highest BCUT2D eigenvalue weighted by atomic mass is 32.2. The summed E-state index contributed by atoms with van der Waals surface area (Å²) in [7, 11) is 0. The first-order valence-corrected chi connectivity index (χ1v) is 12.2. The van der Waals surface area contributed by atoms with Crippen LogP contribution < -0.4 is 4.90 Å². The van der Waals surface area contributed by atoms with Gasteiger partial charge in [0.2, 0.25) is 0 Å². The summed E-state index contributed by atoms with van der Waals surface area (Å²) in [5, 5.41) is -0.276. The molecule has 0 atom stereocenters. The van der Waals surface area contributed by atoms with E-state index in [1.165, 1.54) is 4.90 Å². The second-order valence-electron chi connectivity index (χ2n) is 8.34. The van der Waals surface area contributed by atoms with Crippen molar-refractivity contribution in [3.05, 3.63) is 101 Å². The third-order valence-electron chi connectivity index (χ3n) is 6.05. The van der Waals surface area contributed by atoms with E-state index in [1.807, 2.05) is 65.6 Å². The Kier molecular flexibility index (Phi) is 6.63. The maximum Gasteiger partial charge on any atom is 0.293 e. The Balaban J connectivity index is 1.21. The number of pyridine rings is 1. The Morgan fingerprint density at radius 1 is 0.886 bits per heavy atom. The summed E-state index contributed by atoms with van der Waals surface area (Å²) in [6.07, 6.45) is 3.48. The molecule has 0 spiro atoms. The monoisotopic (exact) mass is 484 g/mol. The number of benzene rings is 2. The molecule has 5 rings (SSSR count). The first-order chi connectivity index (χ1) is 17.1. The average Bonchev–Trinajstić information content (AvgIpc) is 3.17. The van der Waals surface area contributed by atoms with Crippen molar-refractivity contribution in [2.45, 2.75) is 6.54 Å². The van der Waals surface area contributed by atoms with Gasteiger partial charge in [-0.3, -0.25) is 19.3 Å². The van der Waals surface area contributed by atoms with Crippen molar-refractivity contribution >= 4 is 40.7 Å². The van der Waals surface area contributed by atoms with Crippen LogP contribution >= 0.6 is 11.8 Å². The molecule has 0 radical (unpaired) electrons. The third-order valence-corrected chi connectivity index (χ3v) is 6.96. The smallest absolute Gasteiger partial charge is 0.293 e. The number of amides is 3. The highest BCUT2D eigenvalue weighted by Gasteiger charge is 2.35. The molecule has 3 amide bonds. The lowest BCUT2D eigenvalue weighted by Gasteiger charge is -2.35. The zero-order chi connectivity index (χ0) is 24.2. The van der Waals surface area contributed by atoms with Crippen LogP contribution in [0.15, 0.2) is 83.9 Å². The predicted octanol–water partition coefficient (Wildman–Crippen LogP) is 4.28. The van der Waals surface area contributed by atoms with Crippen molar-refractivity contribution in [2.75, 3.05) is 31.1 Å². The Bertz CT molecular complexity index is 1250. The normalized spacial score (nSPS) is 17.4. The predicted molar refractivity (Wildman–Crippen MR) is 137 cm³/mol. The zero-order valence-corrected chi connectivity index (χ0v) is 19.9. The minimum absolute atomic E-state index is 0.0135. The molecule has 7 nitrogen and oxygen atoms in total. The molecular formula is C27H24N4O3S. The largest absolute Gasteiger partial charge is 0.353 e. The summed E-state index contributed by atoms with van der Waals surface area (Å²) in [6, 6.07) is 22.4. The van der Waals surface area contributed by atoms with E-state index in [4.69, 9.17) is 0 Å². The van der Waals surface area contributed by atoms with Gasteiger partial charge in [0.15, 0.2) is 0 Å². The molecule has 0 N–H and O–H groups in total. The molecule has 2 aliphatic heterocycles. The summed E-state index contributed by atoms with van der Waals surface area (Å²) in [6.45, 7) is 2.99. The lowest BCUT2D eigenvalue weighted by atomic mass is 10.1. The molecule has 2 aromatic carbocycles. The van der Waals surface area contributed by atoms with Gasteiger partial charge in [0.1, 0.15) is 5.82 Å². The number of piperazine rings is 1. The van der Waals surface area contributed by atoms with Gasteiger partial charge in [0.25, 0.3) is 17.1 Å². The van der Waals surface area contributed by atoms with Gasteiger partial charge in [-0.15, -0.1) is 0 Å². The number of imide groups is 1. The number of hydrogen-bond acceptors (Lipinski definition) is 6. The highest BCUT2D eigenvalue weighted by Crippen LogP contribution is 2.33. The SMILES string of the molecule is O=C(c1ccc(/C=C2\SC(=O)N(Cc3ccccc3)C2=O)cc1)N1CCN(c2ccccn2)CC1. The molecule has 0 aliphatic carbocycles. The molecule has 0 bridgehead atoms. The molecule has 8 heteroatoms. The van der Waals surface area contributed by atoms with Crippen molar-refractivity contribution < 1.29 is 14.4 Å². The lowest BCUT2D eigenvalue weighted by Crippen LogP contribution is -2.49. The van der Waals surface area contributed by atoms with Gasteiger partial charge in [-0.25, -0.2) is 4.98 Å². The van der Waals surface area contributed by atoms with Crippen molar-refractivity contribution in [1.82, 2.24) is 14.8 Å². The second kappa shape index (κ2) is 10.1. The summed E-state index contributed by atoms with van der Waals surface area (Å²) in [5.74, 6) is 0.618. The first kappa shape index (κ1) is 22.9. The number of nitrogens with zero attached hydrogens (tertiary/aromatic N) is 4. The van der Waals surface area contributed by atoms with E-state index in [0.717, 1.165) is 41.8 Å². The quantitative estimate of drug-likeness (QED) is 0.504. The van der Waals surface area contributed by atoms with Gasteiger partial charge in [0, 0.05) is 37.9 Å². The topological polar surface area (TPSA) is 73.8 Å². The maximum atomic E-state index is 13.0. The summed E-state index contributed by atoms with van der Waals surface area (Å²) in [5.41, 5.74) is 2.28. The van der Waals surface area contributed by atoms with Crippen LogP contribution in [0, 0.1) is 0 Å². The number of hydrogen-bond donors (Lipinski definition) is 0. The molecule has 3 aromatic rings. The number of carbonyl (C=O) groups is 3. The van der Waals surface area contributed by atoms with Crippen molar-refractivity contribution in [3.8, 4) is 0 Å². The van der Waals surface area contributed by atoms with Gasteiger partial charge in [-0.05, 0) is 53.2 Å². The van der Waals surface area contributed by atoms with Crippen LogP contribution in [0.3, 0.4) is 0 Å². The Hall–Kier alpha value is -3.91. The second-order valence-corrected chi connectivity index (χ2v) is 9.34.